The molecule has 0 atom stereocenters. The van der Waals surface area contributed by atoms with Crippen LogP contribution in [0.15, 0.2) is 23.1 Å². The molecule has 0 aliphatic carbocycles. The average Bonchev–Trinajstić information content (AvgIpc) is 2.18. The Kier molecular flexibility index (Phi) is 2.86. The molecule has 0 saturated carbocycles. The molecule has 1 aliphatic heterocycles. The van der Waals surface area contributed by atoms with Crippen LogP contribution in [0.5, 0.6) is 5.75 Å². The maximum absolute atomic E-state index is 11.3. The number of fused-ring (bicyclic) bond motifs is 1. The lowest BCUT2D eigenvalue weighted by Gasteiger charge is -2.20. The van der Waals surface area contributed by atoms with E-state index in [-0.39, 0.29) is 12.0 Å². The van der Waals surface area contributed by atoms with Crippen molar-refractivity contribution in [1.82, 2.24) is 0 Å². The molecule has 1 aliphatic rings. The zero-order valence-corrected chi connectivity index (χ0v) is 9.56. The molecule has 0 bridgehead atoms. The highest BCUT2D eigenvalue weighted by Gasteiger charge is 2.19. The molecular formula is C11H13NO2S. The van der Waals surface area contributed by atoms with Gasteiger partial charge < -0.3 is 10.1 Å². The number of amides is 1. The molecular weight excluding hydrogens is 210 g/mol. The summed E-state index contributed by atoms with van der Waals surface area (Å²) in [6.45, 7) is 3.94. The monoisotopic (exact) mass is 223 g/mol. The second-order valence-corrected chi connectivity index (χ2v) is 4.65. The van der Waals surface area contributed by atoms with Crippen LogP contribution >= 0.6 is 11.8 Å². The molecule has 0 radical (unpaired) electrons. The van der Waals surface area contributed by atoms with Gasteiger partial charge in [0.25, 0.3) is 0 Å². The standard InChI is InChI=1S/C11H13NO2S/c1-7(2)14-8-4-3-5-9-11(8)12-10(13)6-15-9/h3-5,7H,6H2,1-2H3,(H,12,13). The molecule has 1 N–H and O–H groups in total. The number of hydrogen-bond donors (Lipinski definition) is 1. The summed E-state index contributed by atoms with van der Waals surface area (Å²) in [6.07, 6.45) is 0.111. The first-order valence-corrected chi connectivity index (χ1v) is 5.87. The molecule has 1 heterocycles. The summed E-state index contributed by atoms with van der Waals surface area (Å²) in [5.41, 5.74) is 0.812. The van der Waals surface area contributed by atoms with Crippen LogP contribution in [0, 0.1) is 0 Å². The number of nitrogens with one attached hydrogen (secondary N) is 1. The summed E-state index contributed by atoms with van der Waals surface area (Å²) < 4.78 is 5.63. The molecule has 1 aromatic carbocycles. The minimum atomic E-state index is 0.0345. The largest absolute Gasteiger partial charge is 0.489 e. The van der Waals surface area contributed by atoms with Crippen LogP contribution in [0.4, 0.5) is 5.69 Å². The SMILES string of the molecule is CC(C)Oc1cccc2c1NC(=O)CS2. The highest BCUT2D eigenvalue weighted by atomic mass is 32.2. The fourth-order valence-electron chi connectivity index (χ4n) is 1.43. The van der Waals surface area contributed by atoms with E-state index in [0.717, 1.165) is 16.3 Å². The zero-order chi connectivity index (χ0) is 10.8. The maximum Gasteiger partial charge on any atom is 0.234 e. The Hall–Kier alpha value is -1.16. The third-order valence-electron chi connectivity index (χ3n) is 1.97. The zero-order valence-electron chi connectivity index (χ0n) is 8.74. The summed E-state index contributed by atoms with van der Waals surface area (Å²) in [7, 11) is 0. The van der Waals surface area contributed by atoms with Gasteiger partial charge in [-0.25, -0.2) is 0 Å². The number of carbonyl (C=O) groups excluding carboxylic acids is 1. The number of benzene rings is 1. The Labute approximate surface area is 93.2 Å². The van der Waals surface area contributed by atoms with Gasteiger partial charge in [0.2, 0.25) is 5.91 Å². The van der Waals surface area contributed by atoms with E-state index in [1.54, 1.807) is 11.8 Å². The maximum atomic E-state index is 11.3. The summed E-state index contributed by atoms with van der Waals surface area (Å²) in [5, 5.41) is 2.85. The molecule has 0 aromatic heterocycles. The van der Waals surface area contributed by atoms with Gasteiger partial charge in [0, 0.05) is 4.90 Å². The molecule has 2 rings (SSSR count). The first-order valence-electron chi connectivity index (χ1n) is 4.89. The number of hydrogen-bond acceptors (Lipinski definition) is 3. The lowest BCUT2D eigenvalue weighted by atomic mass is 10.2. The van der Waals surface area contributed by atoms with E-state index in [1.807, 2.05) is 32.0 Å². The van der Waals surface area contributed by atoms with Gasteiger partial charge in [-0.05, 0) is 26.0 Å². The minimum absolute atomic E-state index is 0.0345. The van der Waals surface area contributed by atoms with Crippen LogP contribution < -0.4 is 10.1 Å². The van der Waals surface area contributed by atoms with Gasteiger partial charge in [0.1, 0.15) is 5.75 Å². The Morgan fingerprint density at radius 2 is 2.27 bits per heavy atom. The number of ether oxygens (including phenoxy) is 1. The number of carbonyl (C=O) groups is 1. The second kappa shape index (κ2) is 4.14. The van der Waals surface area contributed by atoms with Crippen molar-refractivity contribution < 1.29 is 9.53 Å². The van der Waals surface area contributed by atoms with Crippen LogP contribution in [0.1, 0.15) is 13.8 Å². The normalized spacial score (nSPS) is 14.7. The van der Waals surface area contributed by atoms with E-state index in [1.165, 1.54) is 0 Å². The molecule has 4 heteroatoms. The van der Waals surface area contributed by atoms with Crippen molar-refractivity contribution in [3.05, 3.63) is 18.2 Å². The number of anilines is 1. The van der Waals surface area contributed by atoms with Crippen LogP contribution in [0.3, 0.4) is 0 Å². The Balaban J connectivity index is 2.35. The molecule has 1 aromatic rings. The average molecular weight is 223 g/mol. The Morgan fingerprint density at radius 3 is 3.00 bits per heavy atom. The van der Waals surface area contributed by atoms with Gasteiger partial charge in [-0.15, -0.1) is 11.8 Å². The molecule has 0 saturated heterocycles. The highest BCUT2D eigenvalue weighted by molar-refractivity contribution is 8.00. The van der Waals surface area contributed by atoms with Crippen LogP contribution in [-0.4, -0.2) is 17.8 Å². The summed E-state index contributed by atoms with van der Waals surface area (Å²) in [5.74, 6) is 1.27. The Bertz CT molecular complexity index is 390. The van der Waals surface area contributed by atoms with E-state index in [0.29, 0.717) is 5.75 Å². The van der Waals surface area contributed by atoms with Crippen molar-refractivity contribution in [3.63, 3.8) is 0 Å². The third kappa shape index (κ3) is 2.26. The molecule has 3 nitrogen and oxygen atoms in total. The quantitative estimate of drug-likeness (QED) is 0.837. The fourth-order valence-corrected chi connectivity index (χ4v) is 2.25. The van der Waals surface area contributed by atoms with Crippen molar-refractivity contribution >= 4 is 23.4 Å². The Morgan fingerprint density at radius 1 is 1.47 bits per heavy atom. The van der Waals surface area contributed by atoms with Crippen molar-refractivity contribution in [1.29, 1.82) is 0 Å². The van der Waals surface area contributed by atoms with E-state index in [9.17, 15) is 4.79 Å². The number of thioether (sulfide) groups is 1. The van der Waals surface area contributed by atoms with Gasteiger partial charge in [-0.1, -0.05) is 6.07 Å². The molecule has 15 heavy (non-hydrogen) atoms. The fraction of sp³-hybridized carbons (Fsp3) is 0.364. The topological polar surface area (TPSA) is 38.3 Å². The van der Waals surface area contributed by atoms with E-state index < -0.39 is 0 Å². The molecule has 1 amide bonds. The molecule has 0 fully saturated rings. The molecule has 80 valence electrons. The van der Waals surface area contributed by atoms with Crippen molar-refractivity contribution in [2.24, 2.45) is 0 Å². The van der Waals surface area contributed by atoms with Gasteiger partial charge in [-0.2, -0.15) is 0 Å². The van der Waals surface area contributed by atoms with E-state index in [4.69, 9.17) is 4.74 Å². The van der Waals surface area contributed by atoms with Crippen LogP contribution in [0.25, 0.3) is 0 Å². The van der Waals surface area contributed by atoms with E-state index in [2.05, 4.69) is 5.32 Å². The minimum Gasteiger partial charge on any atom is -0.489 e. The predicted octanol–water partition coefficient (Wildman–Crippen LogP) is 2.52. The van der Waals surface area contributed by atoms with Gasteiger partial charge in [-0.3, -0.25) is 4.79 Å². The smallest absolute Gasteiger partial charge is 0.234 e. The summed E-state index contributed by atoms with van der Waals surface area (Å²) in [6, 6.07) is 5.82. The van der Waals surface area contributed by atoms with Crippen LogP contribution in [0.2, 0.25) is 0 Å². The lowest BCUT2D eigenvalue weighted by Crippen LogP contribution is -2.20. The first kappa shape index (κ1) is 10.4. The van der Waals surface area contributed by atoms with Gasteiger partial charge in [0.05, 0.1) is 17.5 Å². The summed E-state index contributed by atoms with van der Waals surface area (Å²) >= 11 is 1.55. The van der Waals surface area contributed by atoms with Crippen molar-refractivity contribution in [2.45, 2.75) is 24.8 Å². The van der Waals surface area contributed by atoms with Crippen LogP contribution in [-0.2, 0) is 4.79 Å². The first-order chi connectivity index (χ1) is 7.16. The number of rotatable bonds is 2. The molecule has 0 unspecified atom stereocenters. The summed E-state index contributed by atoms with van der Waals surface area (Å²) in [4.78, 5) is 12.4. The predicted molar refractivity (Wildman–Crippen MR) is 61.6 cm³/mol. The van der Waals surface area contributed by atoms with Crippen molar-refractivity contribution in [3.8, 4) is 5.75 Å². The second-order valence-electron chi connectivity index (χ2n) is 3.63. The highest BCUT2D eigenvalue weighted by Crippen LogP contribution is 2.38. The molecule has 0 spiro atoms. The van der Waals surface area contributed by atoms with Gasteiger partial charge >= 0.3 is 0 Å². The van der Waals surface area contributed by atoms with Crippen molar-refractivity contribution in [2.75, 3.05) is 11.1 Å². The van der Waals surface area contributed by atoms with E-state index >= 15 is 0 Å². The number of para-hydroxylation sites is 1. The van der Waals surface area contributed by atoms with Gasteiger partial charge in [0.15, 0.2) is 0 Å². The third-order valence-corrected chi connectivity index (χ3v) is 3.03. The lowest BCUT2D eigenvalue weighted by molar-refractivity contribution is -0.113.